The van der Waals surface area contributed by atoms with Gasteiger partial charge in [-0.15, -0.1) is 0 Å². The van der Waals surface area contributed by atoms with E-state index in [1.807, 2.05) is 0 Å². The molecule has 11 heavy (non-hydrogen) atoms. The van der Waals surface area contributed by atoms with Crippen LogP contribution in [-0.4, -0.2) is 5.84 Å². The van der Waals surface area contributed by atoms with Gasteiger partial charge in [0.25, 0.3) is 0 Å². The largest absolute Gasteiger partial charge is 0.386 e. The highest BCUT2D eigenvalue weighted by atomic mass is 15.1. The molecule has 0 unspecified atom stereocenters. The predicted octanol–water partition coefficient (Wildman–Crippen LogP) is 1.19. The molecular formula is C8H17N3. The molecule has 0 saturated heterocycles. The number of nitrogens with zero attached hydrogens (tertiary/aromatic N) is 1. The van der Waals surface area contributed by atoms with E-state index >= 15 is 0 Å². The van der Waals surface area contributed by atoms with Gasteiger partial charge in [0.05, 0.1) is 0 Å². The zero-order chi connectivity index (χ0) is 8.10. The Labute approximate surface area is 67.8 Å². The first-order valence-electron chi connectivity index (χ1n) is 4.35. The topological polar surface area (TPSA) is 64.4 Å². The van der Waals surface area contributed by atoms with Gasteiger partial charge in [-0.3, -0.25) is 0 Å². The summed E-state index contributed by atoms with van der Waals surface area (Å²) in [7, 11) is 0. The summed E-state index contributed by atoms with van der Waals surface area (Å²) in [5.41, 5.74) is 5.53. The summed E-state index contributed by atoms with van der Waals surface area (Å²) < 4.78 is 0. The van der Waals surface area contributed by atoms with Crippen molar-refractivity contribution < 1.29 is 0 Å². The van der Waals surface area contributed by atoms with Crippen LogP contribution in [0.3, 0.4) is 0 Å². The van der Waals surface area contributed by atoms with Crippen LogP contribution in [0.5, 0.6) is 0 Å². The highest BCUT2D eigenvalue weighted by Crippen LogP contribution is 2.25. The first kappa shape index (κ1) is 8.37. The summed E-state index contributed by atoms with van der Waals surface area (Å²) in [6.45, 7) is 0. The molecule has 1 rings (SSSR count). The van der Waals surface area contributed by atoms with E-state index in [1.54, 1.807) is 0 Å². The lowest BCUT2D eigenvalue weighted by Gasteiger charge is -2.20. The third-order valence-electron chi connectivity index (χ3n) is 2.39. The van der Waals surface area contributed by atoms with Gasteiger partial charge in [-0.1, -0.05) is 32.1 Å². The molecule has 64 valence electrons. The molecule has 3 heteroatoms. The number of hydrazone groups is 1. The van der Waals surface area contributed by atoms with Crippen molar-refractivity contribution in [2.24, 2.45) is 22.6 Å². The van der Waals surface area contributed by atoms with Gasteiger partial charge in [0, 0.05) is 6.42 Å². The van der Waals surface area contributed by atoms with Crippen LogP contribution in [0, 0.1) is 5.92 Å². The summed E-state index contributed by atoms with van der Waals surface area (Å²) in [6.07, 6.45) is 7.59. The van der Waals surface area contributed by atoms with Crippen LogP contribution in [0.15, 0.2) is 5.10 Å². The number of hydrogen-bond acceptors (Lipinski definition) is 2. The number of nitrogens with two attached hydrogens (primary N) is 2. The minimum atomic E-state index is 0.608. The Morgan fingerprint density at radius 1 is 1.27 bits per heavy atom. The maximum atomic E-state index is 5.53. The first-order chi connectivity index (χ1) is 5.33. The highest BCUT2D eigenvalue weighted by Gasteiger charge is 2.14. The SMILES string of the molecule is N/N=C(\N)CC1CCCCC1. The Bertz CT molecular complexity index is 136. The molecule has 0 spiro atoms. The Morgan fingerprint density at radius 2 is 1.91 bits per heavy atom. The third kappa shape index (κ3) is 2.78. The molecule has 0 bridgehead atoms. The van der Waals surface area contributed by atoms with Crippen molar-refractivity contribution in [3.05, 3.63) is 0 Å². The predicted molar refractivity (Wildman–Crippen MR) is 47.0 cm³/mol. The molecule has 0 atom stereocenters. The van der Waals surface area contributed by atoms with Gasteiger partial charge in [-0.05, 0) is 5.92 Å². The Hall–Kier alpha value is -0.730. The Kier molecular flexibility index (Phi) is 3.20. The van der Waals surface area contributed by atoms with Gasteiger partial charge in [0.15, 0.2) is 0 Å². The zero-order valence-corrected chi connectivity index (χ0v) is 6.92. The maximum Gasteiger partial charge on any atom is 0.119 e. The lowest BCUT2D eigenvalue weighted by molar-refractivity contribution is 0.367. The Morgan fingerprint density at radius 3 is 2.45 bits per heavy atom. The molecule has 4 N–H and O–H groups in total. The summed E-state index contributed by atoms with van der Waals surface area (Å²) in [6, 6.07) is 0. The molecule has 0 aliphatic heterocycles. The average Bonchev–Trinajstić information content (AvgIpc) is 2.06. The fourth-order valence-corrected chi connectivity index (χ4v) is 1.74. The standard InChI is InChI=1S/C8H17N3/c9-8(11-10)6-7-4-2-1-3-5-7/h7H,1-6,10H2,(H2,9,11). The average molecular weight is 155 g/mol. The van der Waals surface area contributed by atoms with Gasteiger partial charge in [-0.25, -0.2) is 0 Å². The minimum absolute atomic E-state index is 0.608. The zero-order valence-electron chi connectivity index (χ0n) is 6.92. The molecule has 0 aromatic heterocycles. The minimum Gasteiger partial charge on any atom is -0.386 e. The van der Waals surface area contributed by atoms with Gasteiger partial charge in [-0.2, -0.15) is 5.10 Å². The van der Waals surface area contributed by atoms with Crippen molar-refractivity contribution in [2.45, 2.75) is 38.5 Å². The van der Waals surface area contributed by atoms with E-state index in [0.717, 1.165) is 12.3 Å². The molecule has 0 radical (unpaired) electrons. The van der Waals surface area contributed by atoms with Crippen molar-refractivity contribution in [3.8, 4) is 0 Å². The van der Waals surface area contributed by atoms with E-state index in [2.05, 4.69) is 5.10 Å². The molecule has 0 aromatic rings. The summed E-state index contributed by atoms with van der Waals surface area (Å²) in [5, 5.41) is 3.48. The molecule has 1 aliphatic rings. The van der Waals surface area contributed by atoms with Crippen LogP contribution in [0.25, 0.3) is 0 Å². The molecule has 0 aromatic carbocycles. The molecule has 1 fully saturated rings. The van der Waals surface area contributed by atoms with Gasteiger partial charge in [0.1, 0.15) is 5.84 Å². The smallest absolute Gasteiger partial charge is 0.119 e. The monoisotopic (exact) mass is 155 g/mol. The van der Waals surface area contributed by atoms with E-state index in [4.69, 9.17) is 11.6 Å². The molecule has 0 heterocycles. The summed E-state index contributed by atoms with van der Waals surface area (Å²) in [4.78, 5) is 0. The van der Waals surface area contributed by atoms with Crippen molar-refractivity contribution in [3.63, 3.8) is 0 Å². The van der Waals surface area contributed by atoms with Crippen LogP contribution < -0.4 is 11.6 Å². The van der Waals surface area contributed by atoms with E-state index in [-0.39, 0.29) is 0 Å². The van der Waals surface area contributed by atoms with Crippen molar-refractivity contribution >= 4 is 5.84 Å². The second-order valence-electron chi connectivity index (χ2n) is 3.33. The fraction of sp³-hybridized carbons (Fsp3) is 0.875. The lowest BCUT2D eigenvalue weighted by Crippen LogP contribution is -2.20. The van der Waals surface area contributed by atoms with E-state index in [0.29, 0.717) is 5.84 Å². The van der Waals surface area contributed by atoms with Crippen LogP contribution >= 0.6 is 0 Å². The van der Waals surface area contributed by atoms with Gasteiger partial charge >= 0.3 is 0 Å². The van der Waals surface area contributed by atoms with Crippen LogP contribution in [-0.2, 0) is 0 Å². The van der Waals surface area contributed by atoms with Crippen molar-refractivity contribution in [1.29, 1.82) is 0 Å². The lowest BCUT2D eigenvalue weighted by atomic mass is 9.87. The summed E-state index contributed by atoms with van der Waals surface area (Å²) in [5.74, 6) is 6.41. The number of rotatable bonds is 2. The third-order valence-corrected chi connectivity index (χ3v) is 2.39. The number of hydrogen-bond donors (Lipinski definition) is 2. The molecule has 0 amide bonds. The van der Waals surface area contributed by atoms with Crippen molar-refractivity contribution in [1.82, 2.24) is 0 Å². The van der Waals surface area contributed by atoms with Crippen LogP contribution in [0.2, 0.25) is 0 Å². The fourth-order valence-electron chi connectivity index (χ4n) is 1.74. The van der Waals surface area contributed by atoms with Gasteiger partial charge < -0.3 is 11.6 Å². The quantitative estimate of drug-likeness (QED) is 0.272. The molecular weight excluding hydrogens is 138 g/mol. The maximum absolute atomic E-state index is 5.53. The summed E-state index contributed by atoms with van der Waals surface area (Å²) >= 11 is 0. The number of amidine groups is 1. The second-order valence-corrected chi connectivity index (χ2v) is 3.33. The van der Waals surface area contributed by atoms with Gasteiger partial charge in [0.2, 0.25) is 0 Å². The molecule has 1 saturated carbocycles. The first-order valence-corrected chi connectivity index (χ1v) is 4.35. The normalized spacial score (nSPS) is 22.0. The second kappa shape index (κ2) is 4.21. The Balaban J connectivity index is 2.24. The highest BCUT2D eigenvalue weighted by molar-refractivity contribution is 5.80. The molecule has 3 nitrogen and oxygen atoms in total. The van der Waals surface area contributed by atoms with E-state index in [9.17, 15) is 0 Å². The van der Waals surface area contributed by atoms with Crippen molar-refractivity contribution in [2.75, 3.05) is 0 Å². The van der Waals surface area contributed by atoms with Crippen LogP contribution in [0.1, 0.15) is 38.5 Å². The van der Waals surface area contributed by atoms with E-state index < -0.39 is 0 Å². The molecule has 1 aliphatic carbocycles. The van der Waals surface area contributed by atoms with Crippen LogP contribution in [0.4, 0.5) is 0 Å². The van der Waals surface area contributed by atoms with E-state index in [1.165, 1.54) is 32.1 Å².